The molecule has 0 atom stereocenters. The van der Waals surface area contributed by atoms with Crippen LogP contribution in [-0.4, -0.2) is 54.8 Å². The highest BCUT2D eigenvalue weighted by atomic mass is 32.1. The molecule has 1 saturated heterocycles. The topological polar surface area (TPSA) is 27.7 Å². The summed E-state index contributed by atoms with van der Waals surface area (Å²) in [5, 5.41) is 3.76. The van der Waals surface area contributed by atoms with Gasteiger partial charge in [-0.15, -0.1) is 0 Å². The van der Waals surface area contributed by atoms with Gasteiger partial charge in [0.05, 0.1) is 0 Å². The van der Waals surface area contributed by atoms with Gasteiger partial charge in [0.25, 0.3) is 0 Å². The number of likely N-dealkylation sites (N-methyl/N-ethyl adjacent to an activating group) is 1. The van der Waals surface area contributed by atoms with Gasteiger partial charge in [0.15, 0.2) is 5.11 Å². The molecule has 1 aliphatic heterocycles. The monoisotopic (exact) mass is 301 g/mol. The first kappa shape index (κ1) is 14.9. The molecule has 20 heavy (non-hydrogen) atoms. The Morgan fingerprint density at radius 1 is 1.20 bits per heavy atom. The Bertz CT molecular complexity index is 447. The maximum Gasteiger partial charge on any atom is 0.387 e. The van der Waals surface area contributed by atoms with E-state index in [0.29, 0.717) is 5.11 Å². The van der Waals surface area contributed by atoms with Crippen LogP contribution < -0.4 is 10.1 Å². The van der Waals surface area contributed by atoms with Crippen LogP contribution in [0.5, 0.6) is 5.75 Å². The molecule has 1 heterocycles. The van der Waals surface area contributed by atoms with Gasteiger partial charge in [0, 0.05) is 31.9 Å². The lowest BCUT2D eigenvalue weighted by molar-refractivity contribution is -0.0498. The number of anilines is 1. The Hall–Kier alpha value is -1.47. The smallest absolute Gasteiger partial charge is 0.387 e. The van der Waals surface area contributed by atoms with Gasteiger partial charge in [-0.1, -0.05) is 0 Å². The second-order valence-corrected chi connectivity index (χ2v) is 5.01. The first-order valence-corrected chi connectivity index (χ1v) is 6.75. The minimum absolute atomic E-state index is 0.135. The van der Waals surface area contributed by atoms with Gasteiger partial charge < -0.3 is 19.9 Å². The number of hydrogen-bond acceptors (Lipinski definition) is 3. The molecule has 0 saturated carbocycles. The second kappa shape index (κ2) is 6.81. The van der Waals surface area contributed by atoms with E-state index in [1.807, 2.05) is 0 Å². The summed E-state index contributed by atoms with van der Waals surface area (Å²) in [5.74, 6) is 0.135. The fraction of sp³-hybridized carbons (Fsp3) is 0.462. The van der Waals surface area contributed by atoms with Crippen LogP contribution in [0, 0.1) is 0 Å². The lowest BCUT2D eigenvalue weighted by Gasteiger charge is -2.34. The number of rotatable bonds is 3. The number of ether oxygens (including phenoxy) is 1. The zero-order chi connectivity index (χ0) is 14.5. The van der Waals surface area contributed by atoms with Crippen LogP contribution >= 0.6 is 12.2 Å². The van der Waals surface area contributed by atoms with Crippen LogP contribution in [0.15, 0.2) is 24.3 Å². The molecule has 110 valence electrons. The van der Waals surface area contributed by atoms with E-state index in [1.165, 1.54) is 12.1 Å². The molecule has 4 nitrogen and oxygen atoms in total. The van der Waals surface area contributed by atoms with Crippen molar-refractivity contribution in [3.05, 3.63) is 24.3 Å². The standard InChI is InChI=1S/C13H17F2N3OS/c1-17-6-8-18(9-7-17)13(20)16-10-2-4-11(5-3-10)19-12(14)15/h2-5,12H,6-9H2,1H3,(H,16,20). The first-order valence-electron chi connectivity index (χ1n) is 6.34. The van der Waals surface area contributed by atoms with Crippen LogP contribution in [0.3, 0.4) is 0 Å². The minimum Gasteiger partial charge on any atom is -0.435 e. The summed E-state index contributed by atoms with van der Waals surface area (Å²) in [4.78, 5) is 4.34. The Morgan fingerprint density at radius 3 is 2.35 bits per heavy atom. The van der Waals surface area contributed by atoms with Gasteiger partial charge in [-0.05, 0) is 43.5 Å². The van der Waals surface area contributed by atoms with E-state index in [0.717, 1.165) is 31.9 Å². The van der Waals surface area contributed by atoms with Gasteiger partial charge in [-0.3, -0.25) is 0 Å². The number of nitrogens with zero attached hydrogens (tertiary/aromatic N) is 2. The fourth-order valence-electron chi connectivity index (χ4n) is 1.93. The van der Waals surface area contributed by atoms with Crippen molar-refractivity contribution in [1.82, 2.24) is 9.80 Å². The molecule has 0 bridgehead atoms. The number of thiocarbonyl (C=S) groups is 1. The van der Waals surface area contributed by atoms with Crippen molar-refractivity contribution < 1.29 is 13.5 Å². The predicted molar refractivity (Wildman–Crippen MR) is 78.4 cm³/mol. The van der Waals surface area contributed by atoms with E-state index in [9.17, 15) is 8.78 Å². The molecule has 0 aliphatic carbocycles. The number of alkyl halides is 2. The van der Waals surface area contributed by atoms with Gasteiger partial charge in [-0.25, -0.2) is 0 Å². The molecule has 0 unspecified atom stereocenters. The highest BCUT2D eigenvalue weighted by Crippen LogP contribution is 2.18. The van der Waals surface area contributed by atoms with Crippen molar-refractivity contribution >= 4 is 23.0 Å². The van der Waals surface area contributed by atoms with Crippen molar-refractivity contribution in [2.75, 3.05) is 38.5 Å². The van der Waals surface area contributed by atoms with Gasteiger partial charge in [0.2, 0.25) is 0 Å². The van der Waals surface area contributed by atoms with Crippen LogP contribution in [0.1, 0.15) is 0 Å². The Kier molecular flexibility index (Phi) is 5.08. The first-order chi connectivity index (χ1) is 9.54. The van der Waals surface area contributed by atoms with Crippen molar-refractivity contribution in [1.29, 1.82) is 0 Å². The number of benzene rings is 1. The molecule has 1 fully saturated rings. The maximum atomic E-state index is 12.0. The van der Waals surface area contributed by atoms with E-state index in [-0.39, 0.29) is 5.75 Å². The Balaban J connectivity index is 1.88. The van der Waals surface area contributed by atoms with Gasteiger partial charge in [-0.2, -0.15) is 8.78 Å². The number of halogens is 2. The third kappa shape index (κ3) is 4.28. The maximum absolute atomic E-state index is 12.0. The summed E-state index contributed by atoms with van der Waals surface area (Å²) in [6.45, 7) is 0.913. The highest BCUT2D eigenvalue weighted by molar-refractivity contribution is 7.80. The largest absolute Gasteiger partial charge is 0.435 e. The summed E-state index contributed by atoms with van der Waals surface area (Å²) in [5.41, 5.74) is 0.760. The van der Waals surface area contributed by atoms with Crippen molar-refractivity contribution in [3.8, 4) is 5.75 Å². The molecule has 0 aromatic heterocycles. The predicted octanol–water partition coefficient (Wildman–Crippen LogP) is 2.23. The summed E-state index contributed by atoms with van der Waals surface area (Å²) < 4.78 is 28.4. The summed E-state index contributed by atoms with van der Waals surface area (Å²) >= 11 is 5.34. The van der Waals surface area contributed by atoms with E-state index < -0.39 is 6.61 Å². The van der Waals surface area contributed by atoms with E-state index >= 15 is 0 Å². The zero-order valence-electron chi connectivity index (χ0n) is 11.2. The van der Waals surface area contributed by atoms with Crippen molar-refractivity contribution in [2.45, 2.75) is 6.61 Å². The molecule has 1 aromatic rings. The molecule has 0 spiro atoms. The Morgan fingerprint density at radius 2 is 1.80 bits per heavy atom. The molecular weight excluding hydrogens is 284 g/mol. The van der Waals surface area contributed by atoms with Crippen LogP contribution in [0.25, 0.3) is 0 Å². The van der Waals surface area contributed by atoms with Crippen LogP contribution in [0.4, 0.5) is 14.5 Å². The summed E-state index contributed by atoms with van der Waals surface area (Å²) in [6.07, 6.45) is 0. The molecule has 1 aliphatic rings. The molecule has 0 radical (unpaired) electrons. The minimum atomic E-state index is -2.81. The number of piperazine rings is 1. The van der Waals surface area contributed by atoms with Gasteiger partial charge >= 0.3 is 6.61 Å². The van der Waals surface area contributed by atoms with Gasteiger partial charge in [0.1, 0.15) is 5.75 Å². The number of hydrogen-bond donors (Lipinski definition) is 1. The molecule has 1 N–H and O–H groups in total. The van der Waals surface area contributed by atoms with E-state index in [1.54, 1.807) is 12.1 Å². The fourth-order valence-corrected chi connectivity index (χ4v) is 2.23. The quantitative estimate of drug-likeness (QED) is 0.864. The van der Waals surface area contributed by atoms with Crippen LogP contribution in [0.2, 0.25) is 0 Å². The highest BCUT2D eigenvalue weighted by Gasteiger charge is 2.16. The third-order valence-electron chi connectivity index (χ3n) is 3.12. The average molecular weight is 301 g/mol. The SMILES string of the molecule is CN1CCN(C(=S)Nc2ccc(OC(F)F)cc2)CC1. The third-order valence-corrected chi connectivity index (χ3v) is 3.48. The van der Waals surface area contributed by atoms with E-state index in [2.05, 4.69) is 26.9 Å². The van der Waals surface area contributed by atoms with E-state index in [4.69, 9.17) is 12.2 Å². The molecule has 7 heteroatoms. The van der Waals surface area contributed by atoms with Crippen molar-refractivity contribution in [3.63, 3.8) is 0 Å². The normalized spacial score (nSPS) is 16.3. The zero-order valence-corrected chi connectivity index (χ0v) is 12.0. The molecule has 0 amide bonds. The molecule has 2 rings (SSSR count). The summed E-state index contributed by atoms with van der Waals surface area (Å²) in [6, 6.07) is 6.31. The number of nitrogens with one attached hydrogen (secondary N) is 1. The Labute approximate surface area is 122 Å². The second-order valence-electron chi connectivity index (χ2n) is 4.62. The molecular formula is C13H17F2N3OS. The average Bonchev–Trinajstić information content (AvgIpc) is 2.41. The van der Waals surface area contributed by atoms with Crippen LogP contribution in [-0.2, 0) is 0 Å². The summed E-state index contributed by atoms with van der Waals surface area (Å²) in [7, 11) is 2.08. The van der Waals surface area contributed by atoms with Crippen molar-refractivity contribution in [2.24, 2.45) is 0 Å². The molecule has 1 aromatic carbocycles. The lowest BCUT2D eigenvalue weighted by atomic mass is 10.3. The lowest BCUT2D eigenvalue weighted by Crippen LogP contribution is -2.48.